The fraction of sp³-hybridized carbons (Fsp3) is 0.562. The Morgan fingerprint density at radius 3 is 1.94 bits per heavy atom. The minimum Gasteiger partial charge on any atom is -0.481 e. The first kappa shape index (κ1) is 62.1. The predicted octanol–water partition coefficient (Wildman–Crippen LogP) is -5.80. The number of amides is 11. The average molecular weight is 1100 g/mol. The van der Waals surface area contributed by atoms with E-state index in [1.54, 1.807) is 30.3 Å². The lowest BCUT2D eigenvalue weighted by Gasteiger charge is -2.31. The molecule has 0 unspecified atom stereocenters. The van der Waals surface area contributed by atoms with Crippen LogP contribution in [0, 0.1) is 0 Å². The summed E-state index contributed by atoms with van der Waals surface area (Å²) in [5, 5.41) is 42.9. The van der Waals surface area contributed by atoms with Crippen LogP contribution < -0.4 is 70.8 Å². The molecular formula is C48H73N17O13. The molecule has 428 valence electrons. The number of carboxylic acid groups (broad SMARTS) is 1. The molecule has 2 aliphatic rings. The lowest BCUT2D eigenvalue weighted by Crippen LogP contribution is -2.61. The number of fused-ring (bicyclic) bond motifs is 1. The number of urea groups is 1. The van der Waals surface area contributed by atoms with Crippen LogP contribution in [-0.4, -0.2) is 183 Å². The van der Waals surface area contributed by atoms with Gasteiger partial charge in [-0.25, -0.2) is 9.78 Å². The average Bonchev–Trinajstić information content (AvgIpc) is 4.11. The number of imidazole rings is 1. The third kappa shape index (κ3) is 20.6. The second-order valence-electron chi connectivity index (χ2n) is 18.8. The van der Waals surface area contributed by atoms with Gasteiger partial charge in [-0.2, -0.15) is 0 Å². The van der Waals surface area contributed by atoms with Crippen molar-refractivity contribution in [3.63, 3.8) is 0 Å². The van der Waals surface area contributed by atoms with Crippen molar-refractivity contribution < 1.29 is 63.0 Å². The molecule has 78 heavy (non-hydrogen) atoms. The Kier molecular flexibility index (Phi) is 25.2. The molecule has 1 aromatic carbocycles. The molecule has 2 saturated heterocycles. The number of rotatable bonds is 19. The molecule has 2 aromatic rings. The van der Waals surface area contributed by atoms with Gasteiger partial charge in [-0.1, -0.05) is 30.3 Å². The Labute approximate surface area is 448 Å². The summed E-state index contributed by atoms with van der Waals surface area (Å²) in [4.78, 5) is 163. The van der Waals surface area contributed by atoms with E-state index in [4.69, 9.17) is 22.9 Å². The quantitative estimate of drug-likeness (QED) is 0.0354. The number of carbonyl (C=O) groups excluding carboxylic acids is 10. The second kappa shape index (κ2) is 31.6. The zero-order chi connectivity index (χ0) is 57.3. The molecule has 0 aliphatic carbocycles. The van der Waals surface area contributed by atoms with Gasteiger partial charge in [0.25, 0.3) is 0 Å². The summed E-state index contributed by atoms with van der Waals surface area (Å²) in [7, 11) is 0. The number of hydrogen-bond acceptors (Lipinski definition) is 15. The summed E-state index contributed by atoms with van der Waals surface area (Å²) in [6.45, 7) is 0.510. The fourth-order valence-electron chi connectivity index (χ4n) is 8.62. The van der Waals surface area contributed by atoms with Gasteiger partial charge in [0.1, 0.15) is 48.3 Å². The van der Waals surface area contributed by atoms with Crippen LogP contribution >= 0.6 is 0 Å². The summed E-state index contributed by atoms with van der Waals surface area (Å²) in [6, 6.07) is -4.53. The summed E-state index contributed by atoms with van der Waals surface area (Å²) < 4.78 is 0. The number of hydrogen-bond donors (Lipinski definition) is 16. The van der Waals surface area contributed by atoms with Crippen molar-refractivity contribution in [1.29, 1.82) is 0 Å². The molecule has 20 N–H and O–H groups in total. The smallest absolute Gasteiger partial charge is 0.312 e. The molecule has 1 aromatic heterocycles. The van der Waals surface area contributed by atoms with E-state index in [1.165, 1.54) is 17.4 Å². The van der Waals surface area contributed by atoms with E-state index < -0.39 is 133 Å². The normalized spacial score (nSPS) is 24.0. The van der Waals surface area contributed by atoms with Gasteiger partial charge in [-0.05, 0) is 76.8 Å². The molecule has 2 fully saturated rings. The zero-order valence-corrected chi connectivity index (χ0v) is 43.3. The Morgan fingerprint density at radius 2 is 1.32 bits per heavy atom. The van der Waals surface area contributed by atoms with Crippen LogP contribution in [0.5, 0.6) is 0 Å². The second-order valence-corrected chi connectivity index (χ2v) is 18.8. The van der Waals surface area contributed by atoms with E-state index in [2.05, 4.69) is 62.8 Å². The molecule has 9 atom stereocenters. The number of H-pyrrole nitrogens is 1. The Bertz CT molecular complexity index is 2420. The molecule has 0 radical (unpaired) electrons. The van der Waals surface area contributed by atoms with Crippen LogP contribution in [0.15, 0.2) is 47.8 Å². The van der Waals surface area contributed by atoms with Gasteiger partial charge >= 0.3 is 12.0 Å². The summed E-state index contributed by atoms with van der Waals surface area (Å²) in [5.74, 6) is -10.5. The minimum atomic E-state index is -1.96. The maximum absolute atomic E-state index is 14.6. The van der Waals surface area contributed by atoms with Gasteiger partial charge in [-0.3, -0.25) is 52.9 Å². The first-order chi connectivity index (χ1) is 37.2. The van der Waals surface area contributed by atoms with Gasteiger partial charge in [0.15, 0.2) is 5.96 Å². The number of carbonyl (C=O) groups is 11. The van der Waals surface area contributed by atoms with E-state index in [0.29, 0.717) is 30.5 Å². The van der Waals surface area contributed by atoms with Gasteiger partial charge in [0.2, 0.25) is 53.2 Å². The highest BCUT2D eigenvalue weighted by Crippen LogP contribution is 2.21. The number of nitrogens with zero attached hydrogens (tertiary/aromatic N) is 3. The molecule has 2 aliphatic heterocycles. The van der Waals surface area contributed by atoms with E-state index in [0.717, 1.165) is 6.92 Å². The topological polar surface area (TPSA) is 485 Å². The van der Waals surface area contributed by atoms with Crippen molar-refractivity contribution in [1.82, 2.24) is 62.7 Å². The van der Waals surface area contributed by atoms with Crippen LogP contribution in [0.1, 0.15) is 82.4 Å². The van der Waals surface area contributed by atoms with Crippen LogP contribution in [-0.2, 0) is 60.8 Å². The largest absolute Gasteiger partial charge is 0.481 e. The number of nitrogens with two attached hydrogens (primary N) is 4. The SMILES string of the molecule is C[C@@H](O)[C@@H]1NC(=O)[C@H](CC(=O)O)NC(=O)[C@H](CCCN=C(N)N)NC(=O)[C@H](Cc2cnc[nH]2)NC(=O)[C@H](CCCNC(N)=O)NC(=O)[C@@H]2CCCN2C(=O)[C@H](CCCCN)NC(=O)[C@H](Cc2ccccc2)NC(=O)CNC1=O. The Hall–Kier alpha value is -8.41. The van der Waals surface area contributed by atoms with E-state index in [9.17, 15) is 63.0 Å². The van der Waals surface area contributed by atoms with Crippen molar-refractivity contribution in [2.45, 2.75) is 138 Å². The van der Waals surface area contributed by atoms with Crippen LogP contribution in [0.25, 0.3) is 0 Å². The van der Waals surface area contributed by atoms with E-state index >= 15 is 0 Å². The zero-order valence-electron chi connectivity index (χ0n) is 43.3. The number of nitrogens with one attached hydrogen (secondary N) is 10. The van der Waals surface area contributed by atoms with Crippen molar-refractivity contribution in [2.75, 3.05) is 32.7 Å². The fourth-order valence-corrected chi connectivity index (χ4v) is 8.62. The van der Waals surface area contributed by atoms with Gasteiger partial charge in [0.05, 0.1) is 25.4 Å². The standard InChI is InChI=1S/C48H73N17O13/c1-26(66)38-45(76)56-24-36(67)58-32(20-27-10-3-2-4-11-27)41(72)61-31(12-5-6-16-49)46(77)65-19-9-15-35(65)44(75)60-30(14-8-18-55-48(52)78)40(71)62-33(21-28-23-53-25-57-28)42(73)59-29(13-7-17-54-47(50)51)39(70)63-34(22-37(68)69)43(74)64-38/h2-4,10-11,23,25-26,29-35,38,66H,5-9,12-22,24,49H2,1H3,(H,53,57)(H,56,76)(H,58,67)(H,59,73)(H,60,75)(H,61,72)(H,62,71)(H,63,70)(H,64,74)(H,68,69)(H4,50,51,54)(H3,52,55,78)/t26-,29+,30+,31+,32+,33+,34+,35+,38+/m1/s1. The lowest BCUT2D eigenvalue weighted by atomic mass is 10.0. The third-order valence-electron chi connectivity index (χ3n) is 12.6. The van der Waals surface area contributed by atoms with Crippen molar-refractivity contribution in [3.8, 4) is 0 Å². The lowest BCUT2D eigenvalue weighted by molar-refractivity contribution is -0.142. The highest BCUT2D eigenvalue weighted by atomic mass is 16.4. The first-order valence-corrected chi connectivity index (χ1v) is 25.6. The molecule has 4 rings (SSSR count). The Balaban J connectivity index is 1.82. The molecule has 30 heteroatoms. The highest BCUT2D eigenvalue weighted by molar-refractivity contribution is 5.99. The maximum Gasteiger partial charge on any atom is 0.312 e. The number of aromatic nitrogens is 2. The summed E-state index contributed by atoms with van der Waals surface area (Å²) in [6.07, 6.45) is 0.541. The number of aliphatic carboxylic acids is 1. The van der Waals surface area contributed by atoms with Crippen LogP contribution in [0.4, 0.5) is 4.79 Å². The molecular weight excluding hydrogens is 1020 g/mol. The van der Waals surface area contributed by atoms with Crippen molar-refractivity contribution in [2.24, 2.45) is 27.9 Å². The third-order valence-corrected chi connectivity index (χ3v) is 12.6. The maximum atomic E-state index is 14.6. The van der Waals surface area contributed by atoms with Crippen LogP contribution in [0.3, 0.4) is 0 Å². The number of unbranched alkanes of at least 4 members (excludes halogenated alkanes) is 1. The minimum absolute atomic E-state index is 0.0152. The number of aliphatic imine (C=N–C) groups is 1. The highest BCUT2D eigenvalue weighted by Gasteiger charge is 2.41. The summed E-state index contributed by atoms with van der Waals surface area (Å²) in [5.41, 5.74) is 22.9. The monoisotopic (exact) mass is 1100 g/mol. The van der Waals surface area contributed by atoms with E-state index in [-0.39, 0.29) is 83.5 Å². The van der Waals surface area contributed by atoms with Gasteiger partial charge in [-0.15, -0.1) is 0 Å². The molecule has 0 saturated carbocycles. The number of carboxylic acids is 1. The van der Waals surface area contributed by atoms with Crippen LogP contribution in [0.2, 0.25) is 0 Å². The molecule has 11 amide bonds. The molecule has 30 nitrogen and oxygen atoms in total. The van der Waals surface area contributed by atoms with Crippen molar-refractivity contribution >= 4 is 71.1 Å². The molecule has 0 spiro atoms. The number of aliphatic hydroxyl groups excluding tert-OH is 1. The number of guanidine groups is 1. The Morgan fingerprint density at radius 1 is 0.731 bits per heavy atom. The number of benzene rings is 1. The number of aliphatic hydroxyl groups is 1. The van der Waals surface area contributed by atoms with Gasteiger partial charge in [0, 0.05) is 44.4 Å². The number of primary amides is 1. The first-order valence-electron chi connectivity index (χ1n) is 25.6. The van der Waals surface area contributed by atoms with E-state index in [1.807, 2.05) is 0 Å². The predicted molar refractivity (Wildman–Crippen MR) is 277 cm³/mol. The molecule has 0 bridgehead atoms. The summed E-state index contributed by atoms with van der Waals surface area (Å²) >= 11 is 0. The van der Waals surface area contributed by atoms with Gasteiger partial charge < -0.3 is 90.9 Å². The van der Waals surface area contributed by atoms with Crippen molar-refractivity contribution in [3.05, 3.63) is 54.1 Å². The number of aromatic amines is 1. The molecule has 3 heterocycles.